The molecule has 4 heteroatoms. The Morgan fingerprint density at radius 1 is 1.00 bits per heavy atom. The van der Waals surface area contributed by atoms with Gasteiger partial charge in [-0.1, -0.05) is 31.2 Å². The average Bonchev–Trinajstić information content (AvgIpc) is 2.89. The third-order valence-electron chi connectivity index (χ3n) is 4.42. The summed E-state index contributed by atoms with van der Waals surface area (Å²) in [5.41, 5.74) is 3.40. The minimum atomic E-state index is -0.992. The topological polar surface area (TPSA) is 66.4 Å². The van der Waals surface area contributed by atoms with Crippen LogP contribution in [0.1, 0.15) is 38.8 Å². The normalized spacial score (nSPS) is 15.0. The summed E-state index contributed by atoms with van der Waals surface area (Å²) < 4.78 is 0. The van der Waals surface area contributed by atoms with E-state index in [9.17, 15) is 9.59 Å². The number of carbonyl (C=O) groups excluding carboxylic acids is 1. The lowest BCUT2D eigenvalue weighted by atomic mass is 9.87. The molecule has 0 bridgehead atoms. The lowest BCUT2D eigenvalue weighted by Gasteiger charge is -2.24. The summed E-state index contributed by atoms with van der Waals surface area (Å²) in [5.74, 6) is -1.16. The molecule has 118 valence electrons. The molecule has 3 rings (SSSR count). The Hall–Kier alpha value is -2.62. The second-order valence-corrected chi connectivity index (χ2v) is 6.50. The highest BCUT2D eigenvalue weighted by atomic mass is 16.4. The second-order valence-electron chi connectivity index (χ2n) is 6.50. The predicted molar refractivity (Wildman–Crippen MR) is 87.7 cm³/mol. The van der Waals surface area contributed by atoms with Gasteiger partial charge in [-0.05, 0) is 53.6 Å². The van der Waals surface area contributed by atoms with E-state index in [1.165, 1.54) is 23.3 Å². The predicted octanol–water partition coefficient (Wildman–Crippen LogP) is 2.92. The fourth-order valence-corrected chi connectivity index (χ4v) is 3.17. The first-order chi connectivity index (χ1) is 11.0. The first kappa shape index (κ1) is 15.3. The highest BCUT2D eigenvalue weighted by Crippen LogP contribution is 2.35. The Balaban J connectivity index is 1.62. The fourth-order valence-electron chi connectivity index (χ4n) is 3.17. The van der Waals surface area contributed by atoms with Crippen LogP contribution in [0, 0.1) is 5.41 Å². The van der Waals surface area contributed by atoms with E-state index in [-0.39, 0.29) is 16.9 Å². The highest BCUT2D eigenvalue weighted by molar-refractivity contribution is 5.95. The van der Waals surface area contributed by atoms with E-state index in [1.807, 2.05) is 12.1 Å². The number of carboxylic acid groups (broad SMARTS) is 1. The van der Waals surface area contributed by atoms with Gasteiger partial charge in [0.05, 0.1) is 5.56 Å². The van der Waals surface area contributed by atoms with Gasteiger partial charge in [0.15, 0.2) is 0 Å². The molecule has 2 aromatic rings. The summed E-state index contributed by atoms with van der Waals surface area (Å²) in [6.45, 7) is 2.78. The highest BCUT2D eigenvalue weighted by Gasteiger charge is 2.32. The van der Waals surface area contributed by atoms with Crippen LogP contribution in [0.4, 0.5) is 0 Å². The molecule has 1 amide bonds. The third kappa shape index (κ3) is 3.26. The molecule has 2 aromatic carbocycles. The average molecular weight is 309 g/mol. The first-order valence-corrected chi connectivity index (χ1v) is 7.65. The molecule has 23 heavy (non-hydrogen) atoms. The van der Waals surface area contributed by atoms with Crippen LogP contribution in [-0.4, -0.2) is 23.5 Å². The minimum absolute atomic E-state index is 0.0281. The van der Waals surface area contributed by atoms with Crippen molar-refractivity contribution in [1.82, 2.24) is 5.32 Å². The molecule has 1 aliphatic rings. The second kappa shape index (κ2) is 5.88. The lowest BCUT2D eigenvalue weighted by molar-refractivity contribution is 0.0696. The Morgan fingerprint density at radius 3 is 2.04 bits per heavy atom. The van der Waals surface area contributed by atoms with Crippen LogP contribution in [0.2, 0.25) is 0 Å². The number of carbonyl (C=O) groups is 2. The van der Waals surface area contributed by atoms with Crippen LogP contribution >= 0.6 is 0 Å². The third-order valence-corrected chi connectivity index (χ3v) is 4.42. The molecule has 4 nitrogen and oxygen atoms in total. The number of carboxylic acids is 1. The van der Waals surface area contributed by atoms with E-state index in [2.05, 4.69) is 24.4 Å². The molecule has 0 saturated carbocycles. The van der Waals surface area contributed by atoms with E-state index >= 15 is 0 Å². The number of amides is 1. The molecular formula is C19H19NO3. The van der Waals surface area contributed by atoms with Crippen molar-refractivity contribution in [1.29, 1.82) is 0 Å². The molecule has 0 atom stereocenters. The fraction of sp³-hybridized carbons (Fsp3) is 0.263. The van der Waals surface area contributed by atoms with Crippen LogP contribution in [-0.2, 0) is 12.8 Å². The molecule has 1 aliphatic carbocycles. The zero-order chi connectivity index (χ0) is 16.4. The van der Waals surface area contributed by atoms with Crippen molar-refractivity contribution >= 4 is 11.9 Å². The summed E-state index contributed by atoms with van der Waals surface area (Å²) in [5, 5.41) is 11.9. The Labute approximate surface area is 135 Å². The van der Waals surface area contributed by atoms with Crippen LogP contribution in [0.3, 0.4) is 0 Å². The molecular weight excluding hydrogens is 290 g/mol. The summed E-state index contributed by atoms with van der Waals surface area (Å²) in [6.07, 6.45) is 1.92. The Bertz CT molecular complexity index is 724. The van der Waals surface area contributed by atoms with Crippen molar-refractivity contribution in [2.75, 3.05) is 6.54 Å². The van der Waals surface area contributed by atoms with E-state index in [0.29, 0.717) is 12.1 Å². The number of hydrogen-bond acceptors (Lipinski definition) is 2. The molecule has 0 fully saturated rings. The van der Waals surface area contributed by atoms with Gasteiger partial charge < -0.3 is 10.4 Å². The molecule has 0 saturated heterocycles. The van der Waals surface area contributed by atoms with Gasteiger partial charge in [-0.3, -0.25) is 4.79 Å². The molecule has 0 heterocycles. The quantitative estimate of drug-likeness (QED) is 0.912. The van der Waals surface area contributed by atoms with Gasteiger partial charge in [0, 0.05) is 12.1 Å². The van der Waals surface area contributed by atoms with Gasteiger partial charge in [0.1, 0.15) is 0 Å². The molecule has 0 aromatic heterocycles. The van der Waals surface area contributed by atoms with Gasteiger partial charge >= 0.3 is 5.97 Å². The van der Waals surface area contributed by atoms with Gasteiger partial charge in [0.25, 0.3) is 5.91 Å². The maximum atomic E-state index is 12.2. The van der Waals surface area contributed by atoms with Gasteiger partial charge in [-0.2, -0.15) is 0 Å². The van der Waals surface area contributed by atoms with E-state index in [1.54, 1.807) is 12.1 Å². The summed E-state index contributed by atoms with van der Waals surface area (Å²) >= 11 is 0. The van der Waals surface area contributed by atoms with Crippen molar-refractivity contribution < 1.29 is 14.7 Å². The number of nitrogens with one attached hydrogen (secondary N) is 1. The van der Waals surface area contributed by atoms with Crippen molar-refractivity contribution in [2.45, 2.75) is 19.8 Å². The number of rotatable bonds is 4. The maximum absolute atomic E-state index is 12.2. The minimum Gasteiger partial charge on any atom is -0.478 e. The van der Waals surface area contributed by atoms with E-state index < -0.39 is 5.97 Å². The molecule has 0 radical (unpaired) electrons. The zero-order valence-electron chi connectivity index (χ0n) is 13.0. The van der Waals surface area contributed by atoms with Crippen molar-refractivity contribution in [3.8, 4) is 0 Å². The van der Waals surface area contributed by atoms with Crippen LogP contribution in [0.5, 0.6) is 0 Å². The Morgan fingerprint density at radius 2 is 1.52 bits per heavy atom. The largest absolute Gasteiger partial charge is 0.478 e. The molecule has 0 unspecified atom stereocenters. The summed E-state index contributed by atoms with van der Waals surface area (Å²) in [7, 11) is 0. The van der Waals surface area contributed by atoms with E-state index in [0.717, 1.165) is 12.8 Å². The standard InChI is InChI=1S/C19H19NO3/c1-19(10-15-4-2-3-5-16(15)11-19)12-20-17(21)13-6-8-14(9-7-13)18(22)23/h2-9H,10-12H2,1H3,(H,20,21)(H,22,23). The van der Waals surface area contributed by atoms with Crippen molar-refractivity contribution in [2.24, 2.45) is 5.41 Å². The van der Waals surface area contributed by atoms with Crippen LogP contribution < -0.4 is 5.32 Å². The maximum Gasteiger partial charge on any atom is 0.335 e. The zero-order valence-corrected chi connectivity index (χ0v) is 13.0. The SMILES string of the molecule is CC1(CNC(=O)c2ccc(C(=O)O)cc2)Cc2ccccc2C1. The van der Waals surface area contributed by atoms with Gasteiger partial charge in [-0.25, -0.2) is 4.79 Å². The number of fused-ring (bicyclic) bond motifs is 1. The summed E-state index contributed by atoms with van der Waals surface area (Å²) in [4.78, 5) is 23.1. The van der Waals surface area contributed by atoms with Crippen LogP contribution in [0.15, 0.2) is 48.5 Å². The summed E-state index contributed by atoms with van der Waals surface area (Å²) in [6, 6.07) is 14.4. The number of benzene rings is 2. The van der Waals surface area contributed by atoms with Crippen LogP contribution in [0.25, 0.3) is 0 Å². The monoisotopic (exact) mass is 309 g/mol. The van der Waals surface area contributed by atoms with Crippen molar-refractivity contribution in [3.05, 3.63) is 70.8 Å². The first-order valence-electron chi connectivity index (χ1n) is 7.65. The molecule has 0 spiro atoms. The molecule has 0 aliphatic heterocycles. The van der Waals surface area contributed by atoms with E-state index in [4.69, 9.17) is 5.11 Å². The molecule has 2 N–H and O–H groups in total. The van der Waals surface area contributed by atoms with Crippen molar-refractivity contribution in [3.63, 3.8) is 0 Å². The Kier molecular flexibility index (Phi) is 3.90. The van der Waals surface area contributed by atoms with Gasteiger partial charge in [0.2, 0.25) is 0 Å². The van der Waals surface area contributed by atoms with Gasteiger partial charge in [-0.15, -0.1) is 0 Å². The number of aromatic carboxylic acids is 1. The smallest absolute Gasteiger partial charge is 0.335 e. The number of hydrogen-bond donors (Lipinski definition) is 2. The lowest BCUT2D eigenvalue weighted by Crippen LogP contribution is -2.36.